The van der Waals surface area contributed by atoms with Crippen molar-refractivity contribution in [1.82, 2.24) is 14.8 Å². The zero-order chi connectivity index (χ0) is 21.2. The molecule has 31 heavy (non-hydrogen) atoms. The minimum Gasteiger partial charge on any atom is -0.478 e. The number of rotatable bonds is 4. The van der Waals surface area contributed by atoms with Crippen LogP contribution < -0.4 is 15.4 Å². The number of nitrogens with zero attached hydrogens (tertiary/aromatic N) is 3. The third kappa shape index (κ3) is 4.01. The van der Waals surface area contributed by atoms with Gasteiger partial charge in [0.05, 0.1) is 12.1 Å². The second-order valence-corrected chi connectivity index (χ2v) is 7.82. The van der Waals surface area contributed by atoms with Gasteiger partial charge >= 0.3 is 0 Å². The first-order valence-corrected chi connectivity index (χ1v) is 10.6. The number of aryl methyl sites for hydroxylation is 1. The van der Waals surface area contributed by atoms with Crippen LogP contribution in [0.25, 0.3) is 11.4 Å². The van der Waals surface area contributed by atoms with Crippen LogP contribution >= 0.6 is 0 Å². The lowest BCUT2D eigenvalue weighted by Crippen LogP contribution is -2.39. The smallest absolute Gasteiger partial charge is 0.266 e. The predicted octanol–water partition coefficient (Wildman–Crippen LogP) is 3.40. The first-order chi connectivity index (χ1) is 15.2. The Bertz CT molecular complexity index is 1120. The summed E-state index contributed by atoms with van der Waals surface area (Å²) in [6.45, 7) is 0.933. The fraction of sp³-hybridized carbons (Fsp3) is 0.304. The van der Waals surface area contributed by atoms with Crippen molar-refractivity contribution in [2.75, 3.05) is 10.6 Å². The molecule has 0 fully saturated rings. The van der Waals surface area contributed by atoms with Crippen LogP contribution in [-0.4, -0.2) is 32.7 Å². The summed E-state index contributed by atoms with van der Waals surface area (Å²) in [5, 5.41) is 14.3. The molecule has 0 saturated carbocycles. The number of hydrogen-bond acceptors (Lipinski definition) is 5. The number of hydrogen-bond donors (Lipinski definition) is 2. The largest absolute Gasteiger partial charge is 0.478 e. The van der Waals surface area contributed by atoms with E-state index in [4.69, 9.17) is 4.74 Å². The first kappa shape index (κ1) is 19.3. The van der Waals surface area contributed by atoms with E-state index in [2.05, 4.69) is 25.4 Å². The monoisotopic (exact) mass is 417 g/mol. The molecule has 3 aromatic rings. The van der Waals surface area contributed by atoms with Gasteiger partial charge < -0.3 is 19.9 Å². The molecule has 1 aromatic heterocycles. The molecule has 0 radical (unpaired) electrons. The number of carbonyl (C=O) groups is 2. The van der Waals surface area contributed by atoms with E-state index in [0.29, 0.717) is 17.1 Å². The molecule has 2 amide bonds. The summed E-state index contributed by atoms with van der Waals surface area (Å²) in [5.74, 6) is 1.86. The number of fused-ring (bicyclic) bond motifs is 2. The van der Waals surface area contributed by atoms with Gasteiger partial charge in [-0.05, 0) is 49.2 Å². The van der Waals surface area contributed by atoms with Crippen molar-refractivity contribution in [2.45, 2.75) is 44.8 Å². The molecule has 2 N–H and O–H groups in total. The quantitative estimate of drug-likeness (QED) is 0.678. The summed E-state index contributed by atoms with van der Waals surface area (Å²) in [5.41, 5.74) is 2.23. The molecule has 0 saturated heterocycles. The number of benzene rings is 2. The zero-order valence-corrected chi connectivity index (χ0v) is 17.0. The van der Waals surface area contributed by atoms with E-state index in [1.165, 1.54) is 6.42 Å². The van der Waals surface area contributed by atoms with E-state index in [-0.39, 0.29) is 18.2 Å². The zero-order valence-electron chi connectivity index (χ0n) is 17.0. The summed E-state index contributed by atoms with van der Waals surface area (Å²) < 4.78 is 7.88. The maximum absolute atomic E-state index is 12.5. The number of aromatic nitrogens is 3. The number of amides is 2. The standard InChI is InChI=1S/C23H23N5O3/c29-21(14-19-23(30)25-17-6-3-4-7-18(17)31-19)24-16-11-9-15(10-12-16)22-27-26-20-8-2-1-5-13-28(20)22/h3-4,6-7,9-12,19H,1-2,5,8,13-14H2,(H,24,29)(H,25,30)/t19-/m1/s1. The van der Waals surface area contributed by atoms with Crippen LogP contribution in [0.15, 0.2) is 48.5 Å². The fourth-order valence-electron chi connectivity index (χ4n) is 4.01. The van der Waals surface area contributed by atoms with Crippen molar-refractivity contribution >= 4 is 23.2 Å². The third-order valence-electron chi connectivity index (χ3n) is 5.61. The summed E-state index contributed by atoms with van der Waals surface area (Å²) >= 11 is 0. The van der Waals surface area contributed by atoms with Crippen molar-refractivity contribution in [3.63, 3.8) is 0 Å². The number of para-hydroxylation sites is 2. The molecule has 2 aliphatic heterocycles. The Hall–Kier alpha value is -3.68. The maximum atomic E-state index is 12.5. The molecule has 0 spiro atoms. The first-order valence-electron chi connectivity index (χ1n) is 10.6. The summed E-state index contributed by atoms with van der Waals surface area (Å²) in [7, 11) is 0. The normalized spacial score (nSPS) is 17.5. The van der Waals surface area contributed by atoms with Gasteiger partial charge in [0, 0.05) is 24.2 Å². The van der Waals surface area contributed by atoms with Gasteiger partial charge in [0.15, 0.2) is 11.9 Å². The maximum Gasteiger partial charge on any atom is 0.266 e. The molecule has 5 rings (SSSR count). The van der Waals surface area contributed by atoms with Crippen molar-refractivity contribution in [3.8, 4) is 17.1 Å². The van der Waals surface area contributed by atoms with Gasteiger partial charge in [-0.2, -0.15) is 0 Å². The van der Waals surface area contributed by atoms with E-state index in [1.807, 2.05) is 36.4 Å². The van der Waals surface area contributed by atoms with Crippen molar-refractivity contribution in [1.29, 1.82) is 0 Å². The Labute approximate surface area is 179 Å². The number of anilines is 2. The Morgan fingerprint density at radius 1 is 1.10 bits per heavy atom. The van der Waals surface area contributed by atoms with Crippen LogP contribution in [-0.2, 0) is 22.6 Å². The molecule has 8 nitrogen and oxygen atoms in total. The molecular formula is C23H23N5O3. The van der Waals surface area contributed by atoms with Crippen molar-refractivity contribution in [3.05, 3.63) is 54.4 Å². The molecule has 1 atom stereocenters. The molecule has 0 aliphatic carbocycles. The van der Waals surface area contributed by atoms with Gasteiger partial charge in [-0.15, -0.1) is 10.2 Å². The lowest BCUT2D eigenvalue weighted by atomic mass is 10.1. The molecule has 2 aliphatic rings. The Balaban J connectivity index is 1.24. The number of ether oxygens (including phenoxy) is 1. The van der Waals surface area contributed by atoms with E-state index < -0.39 is 6.10 Å². The van der Waals surface area contributed by atoms with Crippen LogP contribution in [0.4, 0.5) is 11.4 Å². The number of carbonyl (C=O) groups excluding carboxylic acids is 2. The Morgan fingerprint density at radius 3 is 2.81 bits per heavy atom. The van der Waals surface area contributed by atoms with Crippen LogP contribution in [0.5, 0.6) is 5.75 Å². The topological polar surface area (TPSA) is 98.1 Å². The van der Waals surface area contributed by atoms with Crippen LogP contribution in [0.1, 0.15) is 31.5 Å². The second-order valence-electron chi connectivity index (χ2n) is 7.82. The van der Waals surface area contributed by atoms with E-state index >= 15 is 0 Å². The van der Waals surface area contributed by atoms with Gasteiger partial charge in [-0.25, -0.2) is 0 Å². The summed E-state index contributed by atoms with van der Waals surface area (Å²) in [4.78, 5) is 24.7. The minimum atomic E-state index is -0.861. The average molecular weight is 417 g/mol. The van der Waals surface area contributed by atoms with Crippen LogP contribution in [0.2, 0.25) is 0 Å². The molecule has 158 valence electrons. The van der Waals surface area contributed by atoms with Gasteiger partial charge in [0.2, 0.25) is 5.91 Å². The number of nitrogens with one attached hydrogen (secondary N) is 2. The predicted molar refractivity (Wildman–Crippen MR) is 116 cm³/mol. The second kappa shape index (κ2) is 8.22. The minimum absolute atomic E-state index is 0.0698. The van der Waals surface area contributed by atoms with E-state index in [9.17, 15) is 9.59 Å². The van der Waals surface area contributed by atoms with Gasteiger partial charge in [-0.3, -0.25) is 9.59 Å². The van der Waals surface area contributed by atoms with Crippen LogP contribution in [0, 0.1) is 0 Å². The molecule has 2 aromatic carbocycles. The molecular weight excluding hydrogens is 394 g/mol. The highest BCUT2D eigenvalue weighted by Gasteiger charge is 2.29. The lowest BCUT2D eigenvalue weighted by molar-refractivity contribution is -0.128. The third-order valence-corrected chi connectivity index (χ3v) is 5.61. The van der Waals surface area contributed by atoms with Crippen molar-refractivity contribution in [2.24, 2.45) is 0 Å². The van der Waals surface area contributed by atoms with Crippen LogP contribution in [0.3, 0.4) is 0 Å². The average Bonchev–Trinajstić information content (AvgIpc) is 3.03. The molecule has 0 bridgehead atoms. The van der Waals surface area contributed by atoms with Gasteiger partial charge in [-0.1, -0.05) is 18.6 Å². The van der Waals surface area contributed by atoms with Crippen molar-refractivity contribution < 1.29 is 14.3 Å². The molecule has 3 heterocycles. The SMILES string of the molecule is O=C(C[C@H]1Oc2ccccc2NC1=O)Nc1ccc(-c2nnc3n2CCCCC3)cc1. The fourth-order valence-corrected chi connectivity index (χ4v) is 4.01. The highest BCUT2D eigenvalue weighted by Crippen LogP contribution is 2.30. The molecule has 8 heteroatoms. The molecule has 0 unspecified atom stereocenters. The highest BCUT2D eigenvalue weighted by molar-refractivity contribution is 6.02. The van der Waals surface area contributed by atoms with Gasteiger partial charge in [0.25, 0.3) is 5.91 Å². The Kier molecular flexibility index (Phi) is 5.11. The lowest BCUT2D eigenvalue weighted by Gasteiger charge is -2.25. The van der Waals surface area contributed by atoms with E-state index in [0.717, 1.165) is 43.0 Å². The van der Waals surface area contributed by atoms with Gasteiger partial charge in [0.1, 0.15) is 11.6 Å². The highest BCUT2D eigenvalue weighted by atomic mass is 16.5. The van der Waals surface area contributed by atoms with E-state index in [1.54, 1.807) is 12.1 Å². The summed E-state index contributed by atoms with van der Waals surface area (Å²) in [6.07, 6.45) is 3.52. The Morgan fingerprint density at radius 2 is 1.94 bits per heavy atom. The summed E-state index contributed by atoms with van der Waals surface area (Å²) in [6, 6.07) is 14.7.